The van der Waals surface area contributed by atoms with E-state index in [0.717, 1.165) is 10.4 Å². The lowest BCUT2D eigenvalue weighted by atomic mass is 9.91. The third-order valence-corrected chi connectivity index (χ3v) is 5.34. The number of nitrogens with zero attached hydrogens (tertiary/aromatic N) is 1. The van der Waals surface area contributed by atoms with E-state index in [4.69, 9.17) is 0 Å². The summed E-state index contributed by atoms with van der Waals surface area (Å²) in [6.45, 7) is 2.17. The van der Waals surface area contributed by atoms with Crippen LogP contribution in [0.2, 0.25) is 0 Å². The molecule has 0 aliphatic carbocycles. The summed E-state index contributed by atoms with van der Waals surface area (Å²) < 4.78 is 0. The third kappa shape index (κ3) is 2.31. The highest BCUT2D eigenvalue weighted by Gasteiger charge is 2.11. The zero-order chi connectivity index (χ0) is 16.5. The van der Waals surface area contributed by atoms with E-state index < -0.39 is 0 Å². The Morgan fingerprint density at radius 3 is 1.96 bits per heavy atom. The lowest BCUT2D eigenvalue weighted by Crippen LogP contribution is -1.89. The van der Waals surface area contributed by atoms with Crippen molar-refractivity contribution in [1.29, 1.82) is 5.26 Å². The highest BCUT2D eigenvalue weighted by Crippen LogP contribution is 2.35. The van der Waals surface area contributed by atoms with Gasteiger partial charge in [0.15, 0.2) is 0 Å². The number of thiophene rings is 1. The number of aryl methyl sites for hydroxylation is 1. The van der Waals surface area contributed by atoms with Gasteiger partial charge in [-0.05, 0) is 57.1 Å². The van der Waals surface area contributed by atoms with E-state index in [0.29, 0.717) is 5.57 Å². The Morgan fingerprint density at radius 2 is 1.46 bits per heavy atom. The van der Waals surface area contributed by atoms with Crippen molar-refractivity contribution in [3.8, 4) is 6.07 Å². The van der Waals surface area contributed by atoms with E-state index in [9.17, 15) is 5.26 Å². The van der Waals surface area contributed by atoms with Gasteiger partial charge in [0.25, 0.3) is 0 Å². The van der Waals surface area contributed by atoms with E-state index in [2.05, 4.69) is 61.5 Å². The van der Waals surface area contributed by atoms with E-state index in [1.54, 1.807) is 11.3 Å². The zero-order valence-corrected chi connectivity index (χ0v) is 14.1. The SMILES string of the molecule is Cc1c2ccccc2c(/C=C(\C#N)c2cccs2)c2ccccc12. The number of benzene rings is 3. The second kappa shape index (κ2) is 5.96. The Bertz CT molecular complexity index is 1060. The van der Waals surface area contributed by atoms with Crippen LogP contribution in [0.15, 0.2) is 66.0 Å². The van der Waals surface area contributed by atoms with E-state index in [-0.39, 0.29) is 0 Å². The quantitative estimate of drug-likeness (QED) is 0.308. The van der Waals surface area contributed by atoms with Gasteiger partial charge in [-0.2, -0.15) is 5.26 Å². The van der Waals surface area contributed by atoms with Gasteiger partial charge in [-0.3, -0.25) is 0 Å². The maximum Gasteiger partial charge on any atom is 0.101 e. The van der Waals surface area contributed by atoms with Gasteiger partial charge in [-0.25, -0.2) is 0 Å². The third-order valence-electron chi connectivity index (χ3n) is 4.44. The van der Waals surface area contributed by atoms with Gasteiger partial charge in [0, 0.05) is 4.88 Å². The van der Waals surface area contributed by atoms with Gasteiger partial charge in [0.2, 0.25) is 0 Å². The van der Waals surface area contributed by atoms with Crippen LogP contribution in [-0.2, 0) is 0 Å². The molecule has 0 unspecified atom stereocenters. The second-order valence-electron chi connectivity index (χ2n) is 5.78. The number of hydrogen-bond donors (Lipinski definition) is 0. The van der Waals surface area contributed by atoms with Crippen molar-refractivity contribution >= 4 is 44.5 Å². The van der Waals surface area contributed by atoms with E-state index >= 15 is 0 Å². The van der Waals surface area contributed by atoms with Crippen molar-refractivity contribution < 1.29 is 0 Å². The van der Waals surface area contributed by atoms with Crippen LogP contribution in [0.3, 0.4) is 0 Å². The molecule has 0 fully saturated rings. The molecule has 0 saturated heterocycles. The number of nitriles is 1. The molecule has 114 valence electrons. The van der Waals surface area contributed by atoms with Gasteiger partial charge >= 0.3 is 0 Å². The molecule has 1 aromatic heterocycles. The molecular formula is C22H15NS. The monoisotopic (exact) mass is 325 g/mol. The lowest BCUT2D eigenvalue weighted by molar-refractivity contribution is 1.54. The minimum atomic E-state index is 0.712. The van der Waals surface area contributed by atoms with Crippen LogP contribution in [0.25, 0.3) is 33.2 Å². The van der Waals surface area contributed by atoms with Crippen molar-refractivity contribution in [1.82, 2.24) is 0 Å². The predicted molar refractivity (Wildman–Crippen MR) is 104 cm³/mol. The Balaban J connectivity index is 2.14. The number of rotatable bonds is 2. The molecule has 0 bridgehead atoms. The maximum atomic E-state index is 9.65. The van der Waals surface area contributed by atoms with Crippen LogP contribution in [0.1, 0.15) is 16.0 Å². The molecule has 1 heterocycles. The Kier molecular flexibility index (Phi) is 3.65. The maximum absolute atomic E-state index is 9.65. The molecule has 0 spiro atoms. The summed E-state index contributed by atoms with van der Waals surface area (Å²) in [4.78, 5) is 1.01. The summed E-state index contributed by atoms with van der Waals surface area (Å²) in [5.74, 6) is 0. The van der Waals surface area contributed by atoms with Gasteiger partial charge < -0.3 is 0 Å². The summed E-state index contributed by atoms with van der Waals surface area (Å²) in [5, 5.41) is 16.5. The van der Waals surface area contributed by atoms with Gasteiger partial charge in [-0.1, -0.05) is 54.6 Å². The standard InChI is InChI=1S/C22H15NS/c1-15-17-7-2-4-9-19(17)21(20-10-5-3-8-18(15)20)13-16(14-23)22-11-6-12-24-22/h2-13H,1H3/b16-13+. The fourth-order valence-corrected chi connectivity index (χ4v) is 3.96. The van der Waals surface area contributed by atoms with E-state index in [1.165, 1.54) is 27.1 Å². The summed E-state index contributed by atoms with van der Waals surface area (Å²) in [6, 6.07) is 23.2. The molecule has 0 aliphatic rings. The Morgan fingerprint density at radius 1 is 0.875 bits per heavy atom. The fraction of sp³-hybridized carbons (Fsp3) is 0.0455. The molecule has 0 atom stereocenters. The number of allylic oxidation sites excluding steroid dienone is 1. The van der Waals surface area contributed by atoms with Gasteiger partial charge in [0.1, 0.15) is 6.07 Å². The Labute approximate surface area is 145 Å². The van der Waals surface area contributed by atoms with Crippen LogP contribution in [0.5, 0.6) is 0 Å². The molecule has 0 saturated carbocycles. The fourth-order valence-electron chi connectivity index (χ4n) is 3.27. The smallest absolute Gasteiger partial charge is 0.101 e. The highest BCUT2D eigenvalue weighted by molar-refractivity contribution is 7.11. The molecule has 3 aromatic carbocycles. The summed E-state index contributed by atoms with van der Waals surface area (Å²) in [5.41, 5.74) is 3.12. The van der Waals surface area contributed by atoms with Crippen LogP contribution >= 0.6 is 11.3 Å². The molecule has 0 amide bonds. The van der Waals surface area contributed by atoms with Crippen molar-refractivity contribution in [2.24, 2.45) is 0 Å². The highest BCUT2D eigenvalue weighted by atomic mass is 32.1. The summed E-state index contributed by atoms with van der Waals surface area (Å²) in [6.07, 6.45) is 2.04. The molecule has 0 N–H and O–H groups in total. The number of hydrogen-bond acceptors (Lipinski definition) is 2. The molecule has 4 aromatic rings. The van der Waals surface area contributed by atoms with Crippen LogP contribution in [-0.4, -0.2) is 0 Å². The molecule has 1 nitrogen and oxygen atoms in total. The second-order valence-corrected chi connectivity index (χ2v) is 6.72. The topological polar surface area (TPSA) is 23.8 Å². The largest absolute Gasteiger partial charge is 0.192 e. The van der Waals surface area contributed by atoms with Crippen molar-refractivity contribution in [3.63, 3.8) is 0 Å². The summed E-state index contributed by atoms with van der Waals surface area (Å²) in [7, 11) is 0. The molecule has 4 rings (SSSR count). The van der Waals surface area contributed by atoms with Crippen molar-refractivity contribution in [2.75, 3.05) is 0 Å². The van der Waals surface area contributed by atoms with Crippen molar-refractivity contribution in [2.45, 2.75) is 6.92 Å². The van der Waals surface area contributed by atoms with Crippen LogP contribution in [0.4, 0.5) is 0 Å². The Hall–Kier alpha value is -2.89. The zero-order valence-electron chi connectivity index (χ0n) is 13.3. The predicted octanol–water partition coefficient (Wildman–Crippen LogP) is 6.43. The molecule has 0 radical (unpaired) electrons. The average Bonchev–Trinajstić information content (AvgIpc) is 3.16. The van der Waals surface area contributed by atoms with Gasteiger partial charge in [-0.15, -0.1) is 11.3 Å². The summed E-state index contributed by atoms with van der Waals surface area (Å²) >= 11 is 1.60. The number of fused-ring (bicyclic) bond motifs is 2. The first kappa shape index (κ1) is 14.7. The lowest BCUT2D eigenvalue weighted by Gasteiger charge is -2.12. The minimum Gasteiger partial charge on any atom is -0.192 e. The molecule has 0 aliphatic heterocycles. The first-order valence-electron chi connectivity index (χ1n) is 7.85. The van der Waals surface area contributed by atoms with Crippen molar-refractivity contribution in [3.05, 3.63) is 82.0 Å². The first-order chi connectivity index (χ1) is 11.8. The first-order valence-corrected chi connectivity index (χ1v) is 8.73. The minimum absolute atomic E-state index is 0.712. The molecule has 24 heavy (non-hydrogen) atoms. The van der Waals surface area contributed by atoms with Crippen LogP contribution in [0, 0.1) is 18.3 Å². The molecule has 2 heteroatoms. The molecular weight excluding hydrogens is 310 g/mol. The normalized spacial score (nSPS) is 11.8. The average molecular weight is 325 g/mol. The van der Waals surface area contributed by atoms with E-state index in [1.807, 2.05) is 23.6 Å². The van der Waals surface area contributed by atoms with Gasteiger partial charge in [0.05, 0.1) is 5.57 Å². The van der Waals surface area contributed by atoms with Crippen LogP contribution < -0.4 is 0 Å².